The van der Waals surface area contributed by atoms with Crippen LogP contribution in [-0.2, 0) is 10.3 Å². The lowest BCUT2D eigenvalue weighted by Gasteiger charge is -2.37. The summed E-state index contributed by atoms with van der Waals surface area (Å²) in [6, 6.07) is 0. The van der Waals surface area contributed by atoms with Gasteiger partial charge in [0.1, 0.15) is 4.87 Å². The van der Waals surface area contributed by atoms with Crippen molar-refractivity contribution in [2.75, 3.05) is 0 Å². The van der Waals surface area contributed by atoms with Crippen LogP contribution in [0.25, 0.3) is 0 Å². The quantitative estimate of drug-likeness (QED) is 0.390. The van der Waals surface area contributed by atoms with Crippen molar-refractivity contribution >= 4 is 61.9 Å². The number of allylic oxidation sites excluding steroid dienone is 1. The lowest BCUT2D eigenvalue weighted by molar-refractivity contribution is 0.620. The van der Waals surface area contributed by atoms with Crippen LogP contribution >= 0.6 is 46.6 Å². The topological polar surface area (TPSA) is 37.4 Å². The Balaban J connectivity index is 3.50. The van der Waals surface area contributed by atoms with Gasteiger partial charge >= 0.3 is 0 Å². The van der Waals surface area contributed by atoms with E-state index in [0.29, 0.717) is 0 Å². The molecule has 1 atom stereocenters. The maximum absolute atomic E-state index is 10.8. The van der Waals surface area contributed by atoms with E-state index in [1.165, 1.54) is 19.2 Å². The minimum Gasteiger partial charge on any atom is -0.247 e. The van der Waals surface area contributed by atoms with Crippen molar-refractivity contribution in [1.82, 2.24) is 4.42 Å². The molecule has 0 saturated carbocycles. The smallest absolute Gasteiger partial charge is 0.238 e. The molecule has 3 nitrogen and oxygen atoms in total. The van der Waals surface area contributed by atoms with Gasteiger partial charge in [0.2, 0.25) is 10.3 Å². The summed E-state index contributed by atoms with van der Waals surface area (Å²) < 4.78 is 20.7. The molecule has 0 aromatic rings. The number of rotatable bonds is 0. The fourth-order valence-corrected chi connectivity index (χ4v) is 2.85. The number of alkyl halides is 3. The van der Waals surface area contributed by atoms with Crippen LogP contribution < -0.4 is 0 Å². The molecule has 0 bridgehead atoms. The zero-order valence-electron chi connectivity index (χ0n) is 6.84. The van der Waals surface area contributed by atoms with Crippen LogP contribution in [0.1, 0.15) is 6.92 Å². The molecule has 0 aliphatic carbocycles. The average Bonchev–Trinajstić information content (AvgIpc) is 1.97. The van der Waals surface area contributed by atoms with Crippen molar-refractivity contribution in [1.29, 1.82) is 0 Å². The van der Waals surface area contributed by atoms with E-state index in [0.717, 1.165) is 4.42 Å². The number of nitrogens with zero attached hydrogens (tertiary/aromatic N) is 1. The minimum absolute atomic E-state index is 0.387. The first-order chi connectivity index (χ1) is 6.20. The molecule has 1 heterocycles. The van der Waals surface area contributed by atoms with Crippen molar-refractivity contribution in [3.05, 3.63) is 12.3 Å². The van der Waals surface area contributed by atoms with Crippen LogP contribution in [0.15, 0.2) is 12.3 Å². The maximum atomic E-state index is 10.8. The van der Waals surface area contributed by atoms with E-state index in [4.69, 9.17) is 46.6 Å². The Morgan fingerprint density at radius 1 is 1.36 bits per heavy atom. The minimum atomic E-state index is -2.64. The fourth-order valence-electron chi connectivity index (χ4n) is 0.897. The zero-order chi connectivity index (χ0) is 11.1. The molecule has 1 aliphatic rings. The molecule has 80 valence electrons. The van der Waals surface area contributed by atoms with Crippen LogP contribution in [0.5, 0.6) is 0 Å². The van der Waals surface area contributed by atoms with Gasteiger partial charge in [-0.2, -0.15) is 8.42 Å². The first-order valence-electron chi connectivity index (χ1n) is 3.38. The Hall–Kier alpha value is 0.390. The molecule has 0 fully saturated rings. The molecule has 0 amide bonds. The maximum Gasteiger partial charge on any atom is 0.238 e. The van der Waals surface area contributed by atoms with Crippen molar-refractivity contribution < 1.29 is 8.42 Å². The summed E-state index contributed by atoms with van der Waals surface area (Å²) in [5.41, 5.74) is 0. The highest BCUT2D eigenvalue weighted by Gasteiger charge is 2.52. The van der Waals surface area contributed by atoms with E-state index in [2.05, 4.69) is 0 Å². The van der Waals surface area contributed by atoms with Crippen molar-refractivity contribution in [3.8, 4) is 0 Å². The van der Waals surface area contributed by atoms with Gasteiger partial charge in [-0.3, -0.25) is 0 Å². The van der Waals surface area contributed by atoms with Gasteiger partial charge in [0, 0.05) is 18.0 Å². The molecule has 0 spiro atoms. The van der Waals surface area contributed by atoms with Gasteiger partial charge in [0.05, 0.1) is 0 Å². The van der Waals surface area contributed by atoms with Crippen LogP contribution in [-0.4, -0.2) is 27.0 Å². The number of hydrogen-bond acceptors (Lipinski definition) is 2. The summed E-state index contributed by atoms with van der Waals surface area (Å²) in [5, 5.41) is 0. The first kappa shape index (κ1) is 12.5. The molecule has 0 aromatic heterocycles. The van der Waals surface area contributed by atoms with Gasteiger partial charge in [0.15, 0.2) is 9.32 Å². The van der Waals surface area contributed by atoms with E-state index in [9.17, 15) is 8.42 Å². The van der Waals surface area contributed by atoms with Crippen LogP contribution in [0, 0.1) is 0 Å². The Morgan fingerprint density at radius 2 is 1.86 bits per heavy atom. The summed E-state index contributed by atoms with van der Waals surface area (Å²) in [6.45, 7) is 1.49. The molecule has 14 heavy (non-hydrogen) atoms. The molecule has 0 aromatic carbocycles. The van der Waals surface area contributed by atoms with Gasteiger partial charge in [0.25, 0.3) is 0 Å². The number of halogens is 4. The third-order valence-electron chi connectivity index (χ3n) is 1.75. The first-order valence-corrected chi connectivity index (χ1v) is 5.92. The molecule has 1 unspecified atom stereocenters. The Morgan fingerprint density at radius 3 is 2.21 bits per heavy atom. The summed E-state index contributed by atoms with van der Waals surface area (Å²) in [5.74, 6) is 0. The van der Waals surface area contributed by atoms with Crippen molar-refractivity contribution in [2.24, 2.45) is 0 Å². The van der Waals surface area contributed by atoms with Crippen LogP contribution in [0.3, 0.4) is 0 Å². The summed E-state index contributed by atoms with van der Waals surface area (Å²) >= 11 is 23.2. The Bertz CT molecular complexity index is 404. The van der Waals surface area contributed by atoms with E-state index in [1.807, 2.05) is 0 Å². The summed E-state index contributed by atoms with van der Waals surface area (Å²) in [7, 11) is -2.64. The van der Waals surface area contributed by atoms with E-state index in [1.54, 1.807) is 0 Å². The van der Waals surface area contributed by atoms with E-state index < -0.39 is 19.5 Å². The van der Waals surface area contributed by atoms with E-state index >= 15 is 0 Å². The lowest BCUT2D eigenvalue weighted by atomic mass is 10.0. The van der Waals surface area contributed by atoms with Crippen molar-refractivity contribution in [2.45, 2.75) is 16.1 Å². The standard InChI is InChI=1S/C6H5Cl4NO2S/c1-5(7)2-3-11(10)4(14(12)13)6(5,8)9/h2-3H,1H3. The zero-order valence-corrected chi connectivity index (χ0v) is 10.7. The SMILES string of the molecule is CC1(Cl)C=CN(Cl)C(=S(=O)=O)C1(Cl)Cl. The van der Waals surface area contributed by atoms with Gasteiger partial charge in [-0.05, 0) is 13.0 Å². The van der Waals surface area contributed by atoms with E-state index in [-0.39, 0.29) is 4.99 Å². The highest BCUT2D eigenvalue weighted by Crippen LogP contribution is 2.44. The van der Waals surface area contributed by atoms with Gasteiger partial charge in [-0.25, -0.2) is 4.42 Å². The third-order valence-corrected chi connectivity index (χ3v) is 4.92. The summed E-state index contributed by atoms with van der Waals surface area (Å²) in [4.78, 5) is -1.61. The fraction of sp³-hybridized carbons (Fsp3) is 0.500. The largest absolute Gasteiger partial charge is 0.247 e. The van der Waals surface area contributed by atoms with Gasteiger partial charge < -0.3 is 0 Å². The molecular weight excluding hydrogens is 292 g/mol. The van der Waals surface area contributed by atoms with Crippen LogP contribution in [0.2, 0.25) is 0 Å². The van der Waals surface area contributed by atoms with Gasteiger partial charge in [-0.1, -0.05) is 23.2 Å². The highest BCUT2D eigenvalue weighted by atomic mass is 35.5. The second kappa shape index (κ2) is 3.76. The number of hydrogen-bond donors (Lipinski definition) is 0. The summed E-state index contributed by atoms with van der Waals surface area (Å²) in [6.07, 6.45) is 2.70. The molecule has 8 heteroatoms. The predicted molar refractivity (Wildman–Crippen MR) is 59.5 cm³/mol. The Labute approximate surface area is 103 Å². The molecule has 0 N–H and O–H groups in total. The molecule has 0 saturated heterocycles. The lowest BCUT2D eigenvalue weighted by Crippen LogP contribution is -2.51. The van der Waals surface area contributed by atoms with Gasteiger partial charge in [-0.15, -0.1) is 11.6 Å². The average molecular weight is 297 g/mol. The monoisotopic (exact) mass is 295 g/mol. The second-order valence-electron chi connectivity index (χ2n) is 2.82. The molecule has 1 rings (SSSR count). The Kier molecular flexibility index (Phi) is 3.34. The molecular formula is C6H5Cl4NO2S. The second-order valence-corrected chi connectivity index (χ2v) is 6.15. The van der Waals surface area contributed by atoms with Crippen LogP contribution in [0.4, 0.5) is 0 Å². The molecule has 0 radical (unpaired) electrons. The third kappa shape index (κ3) is 1.86. The normalized spacial score (nSPS) is 30.6. The predicted octanol–water partition coefficient (Wildman–Crippen LogP) is 2.15. The highest BCUT2D eigenvalue weighted by molar-refractivity contribution is 7.73. The molecule has 1 aliphatic heterocycles. The van der Waals surface area contributed by atoms with Crippen molar-refractivity contribution in [3.63, 3.8) is 0 Å².